The number of rotatable bonds is 60. The number of unbranched alkanes of at least 4 members (excludes halogenated alkanes) is 45. The lowest BCUT2D eigenvalue weighted by atomic mass is 10.0. The summed E-state index contributed by atoms with van der Waals surface area (Å²) < 4.78 is 5.48. The number of aliphatic hydroxyl groups is 2. The van der Waals surface area contributed by atoms with Crippen LogP contribution in [0.3, 0.4) is 0 Å². The number of nitrogens with one attached hydrogen (secondary N) is 1. The fraction of sp³-hybridized carbons (Fsp3) is 0.879. The van der Waals surface area contributed by atoms with Gasteiger partial charge in [0.15, 0.2) is 0 Å². The van der Waals surface area contributed by atoms with Crippen LogP contribution in [-0.4, -0.2) is 47.4 Å². The highest BCUT2D eigenvalue weighted by Gasteiger charge is 2.18. The van der Waals surface area contributed by atoms with Crippen molar-refractivity contribution in [1.82, 2.24) is 5.32 Å². The minimum Gasteiger partial charge on any atom is -0.466 e. The maximum absolute atomic E-state index is 12.5. The molecule has 0 fully saturated rings. The molecule has 0 spiro atoms. The van der Waals surface area contributed by atoms with Crippen molar-refractivity contribution in [1.29, 1.82) is 0 Å². The molecule has 424 valence electrons. The van der Waals surface area contributed by atoms with Crippen LogP contribution in [0.15, 0.2) is 36.5 Å². The van der Waals surface area contributed by atoms with E-state index < -0.39 is 12.1 Å². The SMILES string of the molecule is CCCCCC/C=C\C/C=C\CCCCCCCC(=O)OCCCCCCCCCCCCCCCCCCCCCCCC(=O)NC(CO)C(O)/C=C/CCCCCCCCCCCCCCCCCC. The Balaban J connectivity index is 3.42. The lowest BCUT2D eigenvalue weighted by Crippen LogP contribution is -2.45. The Morgan fingerprint density at radius 3 is 1.07 bits per heavy atom. The van der Waals surface area contributed by atoms with Crippen LogP contribution >= 0.6 is 0 Å². The molecule has 0 radical (unpaired) electrons. The molecule has 2 unspecified atom stereocenters. The molecule has 0 aromatic heterocycles. The average Bonchev–Trinajstić information content (AvgIpc) is 3.38. The zero-order valence-electron chi connectivity index (χ0n) is 48.4. The van der Waals surface area contributed by atoms with Gasteiger partial charge in [-0.15, -0.1) is 0 Å². The topological polar surface area (TPSA) is 95.9 Å². The predicted octanol–water partition coefficient (Wildman–Crippen LogP) is 20.4. The lowest BCUT2D eigenvalue weighted by Gasteiger charge is -2.20. The minimum atomic E-state index is -0.846. The smallest absolute Gasteiger partial charge is 0.305 e. The van der Waals surface area contributed by atoms with Crippen molar-refractivity contribution in [2.24, 2.45) is 0 Å². The summed E-state index contributed by atoms with van der Waals surface area (Å²) in [5.74, 6) is -0.0687. The molecule has 0 aliphatic rings. The highest BCUT2D eigenvalue weighted by Crippen LogP contribution is 2.18. The van der Waals surface area contributed by atoms with Crippen LogP contribution in [0.5, 0.6) is 0 Å². The van der Waals surface area contributed by atoms with E-state index in [1.165, 1.54) is 270 Å². The van der Waals surface area contributed by atoms with Crippen molar-refractivity contribution in [3.63, 3.8) is 0 Å². The summed E-state index contributed by atoms with van der Waals surface area (Å²) in [6.07, 6.45) is 77.6. The molecule has 0 saturated carbocycles. The third-order valence-corrected chi connectivity index (χ3v) is 14.9. The van der Waals surface area contributed by atoms with E-state index >= 15 is 0 Å². The number of esters is 1. The summed E-state index contributed by atoms with van der Waals surface area (Å²) in [5, 5.41) is 23.2. The third kappa shape index (κ3) is 57.4. The van der Waals surface area contributed by atoms with Crippen molar-refractivity contribution < 1.29 is 24.5 Å². The Bertz CT molecular complexity index is 1170. The van der Waals surface area contributed by atoms with Gasteiger partial charge in [0, 0.05) is 12.8 Å². The highest BCUT2D eigenvalue weighted by atomic mass is 16.5. The fourth-order valence-electron chi connectivity index (χ4n) is 9.96. The summed E-state index contributed by atoms with van der Waals surface area (Å²) >= 11 is 0. The number of hydrogen-bond acceptors (Lipinski definition) is 5. The monoisotopic (exact) mass is 1010 g/mol. The summed E-state index contributed by atoms with van der Waals surface area (Å²) in [7, 11) is 0. The standard InChI is InChI=1S/C66H125NO5/c1-3-5-7-9-11-13-15-17-19-21-27-30-34-38-42-46-50-54-58-64(69)63(62-68)67-65(70)59-55-51-47-43-39-35-31-28-25-23-22-24-26-29-33-37-41-45-49-53-57-61-72-66(71)60-56-52-48-44-40-36-32-20-18-16-14-12-10-8-6-4-2/h14,16,20,32,54,58,63-64,68-69H,3-13,15,17-19,21-31,33-53,55-57,59-62H2,1-2H3,(H,67,70)/b16-14-,32-20-,58-54+. The normalized spacial score (nSPS) is 12.8. The molecule has 0 aliphatic heterocycles. The molecule has 1 amide bonds. The fourth-order valence-corrected chi connectivity index (χ4v) is 9.96. The lowest BCUT2D eigenvalue weighted by molar-refractivity contribution is -0.143. The summed E-state index contributed by atoms with van der Waals surface area (Å²) in [5.41, 5.74) is 0. The molecule has 6 heteroatoms. The number of carbonyl (C=O) groups is 2. The van der Waals surface area contributed by atoms with Crippen LogP contribution in [-0.2, 0) is 14.3 Å². The van der Waals surface area contributed by atoms with Crippen LogP contribution in [0.4, 0.5) is 0 Å². The van der Waals surface area contributed by atoms with E-state index in [4.69, 9.17) is 4.74 Å². The van der Waals surface area contributed by atoms with E-state index in [1.54, 1.807) is 6.08 Å². The first-order valence-electron chi connectivity index (χ1n) is 32.3. The Labute approximate surface area is 449 Å². The molecule has 0 aromatic rings. The molecule has 0 saturated heterocycles. The van der Waals surface area contributed by atoms with Gasteiger partial charge in [-0.25, -0.2) is 0 Å². The maximum atomic E-state index is 12.5. The average molecular weight is 1010 g/mol. The van der Waals surface area contributed by atoms with Crippen LogP contribution in [0.1, 0.15) is 348 Å². The summed E-state index contributed by atoms with van der Waals surface area (Å²) in [6, 6.07) is -0.630. The Hall–Kier alpha value is -1.92. The van der Waals surface area contributed by atoms with Crippen LogP contribution in [0.2, 0.25) is 0 Å². The molecular weight excluding hydrogens is 887 g/mol. The number of amides is 1. The maximum Gasteiger partial charge on any atom is 0.305 e. The van der Waals surface area contributed by atoms with E-state index in [1.807, 2.05) is 6.08 Å². The first-order valence-corrected chi connectivity index (χ1v) is 32.3. The zero-order chi connectivity index (χ0) is 52.2. The summed E-state index contributed by atoms with van der Waals surface area (Å²) in [4.78, 5) is 24.6. The molecule has 0 aliphatic carbocycles. The van der Waals surface area contributed by atoms with Gasteiger partial charge in [0.25, 0.3) is 0 Å². The zero-order valence-corrected chi connectivity index (χ0v) is 48.4. The van der Waals surface area contributed by atoms with Gasteiger partial charge >= 0.3 is 5.97 Å². The third-order valence-electron chi connectivity index (χ3n) is 14.9. The number of aliphatic hydroxyl groups excluding tert-OH is 2. The van der Waals surface area contributed by atoms with Crippen molar-refractivity contribution >= 4 is 11.9 Å². The van der Waals surface area contributed by atoms with Gasteiger partial charge in [0.05, 0.1) is 25.4 Å². The van der Waals surface area contributed by atoms with Gasteiger partial charge in [0.2, 0.25) is 5.91 Å². The van der Waals surface area contributed by atoms with Crippen LogP contribution < -0.4 is 5.32 Å². The molecule has 3 N–H and O–H groups in total. The van der Waals surface area contributed by atoms with Gasteiger partial charge in [-0.1, -0.05) is 307 Å². The second-order valence-corrected chi connectivity index (χ2v) is 22.1. The molecule has 72 heavy (non-hydrogen) atoms. The largest absolute Gasteiger partial charge is 0.466 e. The molecule has 0 rings (SSSR count). The number of carbonyl (C=O) groups excluding carboxylic acids is 2. The van der Waals surface area contributed by atoms with E-state index in [0.717, 1.165) is 51.4 Å². The molecule has 0 heterocycles. The molecular formula is C66H125NO5. The molecule has 0 aromatic carbocycles. The number of ether oxygens (including phenoxy) is 1. The van der Waals surface area contributed by atoms with Gasteiger partial charge < -0.3 is 20.3 Å². The van der Waals surface area contributed by atoms with Crippen molar-refractivity contribution in [3.05, 3.63) is 36.5 Å². The van der Waals surface area contributed by atoms with Gasteiger partial charge in [-0.05, 0) is 64.2 Å². The highest BCUT2D eigenvalue weighted by molar-refractivity contribution is 5.76. The minimum absolute atomic E-state index is 0.00183. The molecule has 0 bridgehead atoms. The second kappa shape index (κ2) is 61.6. The Morgan fingerprint density at radius 2 is 0.694 bits per heavy atom. The van der Waals surface area contributed by atoms with Crippen molar-refractivity contribution in [3.8, 4) is 0 Å². The van der Waals surface area contributed by atoms with E-state index in [9.17, 15) is 19.8 Å². The molecule has 6 nitrogen and oxygen atoms in total. The summed E-state index contributed by atoms with van der Waals surface area (Å²) in [6.45, 7) is 4.90. The van der Waals surface area contributed by atoms with Crippen LogP contribution in [0.25, 0.3) is 0 Å². The second-order valence-electron chi connectivity index (χ2n) is 22.1. The van der Waals surface area contributed by atoms with E-state index in [-0.39, 0.29) is 18.5 Å². The Kier molecular flexibility index (Phi) is 60.0. The quantitative estimate of drug-likeness (QED) is 0.0320. The van der Waals surface area contributed by atoms with Gasteiger partial charge in [0.1, 0.15) is 0 Å². The van der Waals surface area contributed by atoms with Gasteiger partial charge in [-0.3, -0.25) is 9.59 Å². The predicted molar refractivity (Wildman–Crippen MR) is 315 cm³/mol. The van der Waals surface area contributed by atoms with Crippen LogP contribution in [0, 0.1) is 0 Å². The van der Waals surface area contributed by atoms with E-state index in [0.29, 0.717) is 19.4 Å². The van der Waals surface area contributed by atoms with Gasteiger partial charge in [-0.2, -0.15) is 0 Å². The first kappa shape index (κ1) is 70.1. The van der Waals surface area contributed by atoms with Crippen molar-refractivity contribution in [2.75, 3.05) is 13.2 Å². The van der Waals surface area contributed by atoms with E-state index in [2.05, 4.69) is 43.5 Å². The Morgan fingerprint density at radius 1 is 0.389 bits per heavy atom. The number of allylic oxidation sites excluding steroid dienone is 5. The number of hydrogen-bond donors (Lipinski definition) is 3. The first-order chi connectivity index (χ1) is 35.5. The van der Waals surface area contributed by atoms with Crippen molar-refractivity contribution in [2.45, 2.75) is 360 Å². The molecule has 2 atom stereocenters.